The third-order valence-electron chi connectivity index (χ3n) is 4.92. The molecule has 2 aromatic carbocycles. The first-order valence-corrected chi connectivity index (χ1v) is 9.88. The monoisotopic (exact) mass is 421 g/mol. The molecule has 31 heavy (non-hydrogen) atoms. The number of hydrogen-bond acceptors (Lipinski definition) is 7. The highest BCUT2D eigenvalue weighted by Crippen LogP contribution is 2.33. The van der Waals surface area contributed by atoms with Gasteiger partial charge in [0.2, 0.25) is 0 Å². The van der Waals surface area contributed by atoms with Crippen LogP contribution in [0.3, 0.4) is 0 Å². The van der Waals surface area contributed by atoms with Gasteiger partial charge in [-0.3, -0.25) is 0 Å². The molecule has 1 atom stereocenters. The van der Waals surface area contributed by atoms with Gasteiger partial charge < -0.3 is 23.5 Å². The fraction of sp³-hybridized carbons (Fsp3) is 0.250. The molecular formula is C24H23NO6. The van der Waals surface area contributed by atoms with Gasteiger partial charge in [-0.15, -0.1) is 0 Å². The number of hydrogen-bond donors (Lipinski definition) is 0. The van der Waals surface area contributed by atoms with Crippen molar-refractivity contribution in [2.24, 2.45) is 0 Å². The van der Waals surface area contributed by atoms with Crippen LogP contribution in [-0.2, 0) is 22.6 Å². The largest absolute Gasteiger partial charge is 0.493 e. The van der Waals surface area contributed by atoms with Crippen LogP contribution in [0.2, 0.25) is 0 Å². The van der Waals surface area contributed by atoms with Crippen molar-refractivity contribution in [3.8, 4) is 28.6 Å². The van der Waals surface area contributed by atoms with Crippen LogP contribution in [0.25, 0.3) is 17.4 Å². The zero-order valence-electron chi connectivity index (χ0n) is 17.6. The zero-order valence-corrected chi connectivity index (χ0v) is 17.6. The summed E-state index contributed by atoms with van der Waals surface area (Å²) in [6.45, 7) is 2.06. The average molecular weight is 421 g/mol. The van der Waals surface area contributed by atoms with Crippen molar-refractivity contribution in [1.82, 2.24) is 5.16 Å². The molecule has 0 spiro atoms. The van der Waals surface area contributed by atoms with Crippen molar-refractivity contribution < 1.29 is 28.3 Å². The third-order valence-corrected chi connectivity index (χ3v) is 4.92. The molecule has 0 bridgehead atoms. The second-order valence-corrected chi connectivity index (χ2v) is 7.19. The molecule has 0 saturated heterocycles. The number of methoxy groups -OCH3 is 2. The minimum atomic E-state index is -0.483. The first-order valence-electron chi connectivity index (χ1n) is 9.88. The number of ether oxygens (including phenoxy) is 4. The minimum Gasteiger partial charge on any atom is -0.493 e. The molecule has 1 aliphatic heterocycles. The molecule has 0 radical (unpaired) electrons. The zero-order chi connectivity index (χ0) is 21.8. The Morgan fingerprint density at radius 2 is 1.97 bits per heavy atom. The summed E-state index contributed by atoms with van der Waals surface area (Å²) in [5.41, 5.74) is 3.38. The lowest BCUT2D eigenvalue weighted by Crippen LogP contribution is -2.05. The SMILES string of the molecule is COc1ccc(/C=C\C(=O)OCc2cc(-c3ccc4c(c3)CC(C)O4)on2)cc1OC. The van der Waals surface area contributed by atoms with Gasteiger partial charge in [0.05, 0.1) is 14.2 Å². The second kappa shape index (κ2) is 8.95. The quantitative estimate of drug-likeness (QED) is 0.412. The van der Waals surface area contributed by atoms with Crippen molar-refractivity contribution in [2.75, 3.05) is 14.2 Å². The Hall–Kier alpha value is -3.74. The molecule has 0 N–H and O–H groups in total. The van der Waals surface area contributed by atoms with Gasteiger partial charge in [0.15, 0.2) is 17.3 Å². The van der Waals surface area contributed by atoms with Gasteiger partial charge in [-0.1, -0.05) is 11.2 Å². The molecular weight excluding hydrogens is 398 g/mol. The van der Waals surface area contributed by atoms with E-state index in [0.717, 1.165) is 28.9 Å². The summed E-state index contributed by atoms with van der Waals surface area (Å²) in [5.74, 6) is 2.25. The summed E-state index contributed by atoms with van der Waals surface area (Å²) in [7, 11) is 3.13. The van der Waals surface area contributed by atoms with E-state index in [1.165, 1.54) is 6.08 Å². The number of fused-ring (bicyclic) bond motifs is 1. The number of esters is 1. The molecule has 7 heteroatoms. The van der Waals surface area contributed by atoms with Gasteiger partial charge in [0, 0.05) is 24.1 Å². The summed E-state index contributed by atoms with van der Waals surface area (Å²) in [5, 5.41) is 4.00. The Morgan fingerprint density at radius 3 is 2.77 bits per heavy atom. The molecule has 1 unspecified atom stereocenters. The molecule has 1 aromatic heterocycles. The van der Waals surface area contributed by atoms with Crippen LogP contribution in [0.4, 0.5) is 0 Å². The second-order valence-electron chi connectivity index (χ2n) is 7.19. The van der Waals surface area contributed by atoms with E-state index in [2.05, 4.69) is 5.16 Å². The Balaban J connectivity index is 1.35. The van der Waals surface area contributed by atoms with Gasteiger partial charge >= 0.3 is 5.97 Å². The molecule has 0 fully saturated rings. The first-order chi connectivity index (χ1) is 15.1. The van der Waals surface area contributed by atoms with Gasteiger partial charge in [-0.05, 0) is 54.5 Å². The Kier molecular flexibility index (Phi) is 5.93. The van der Waals surface area contributed by atoms with Crippen LogP contribution in [0.5, 0.6) is 17.2 Å². The van der Waals surface area contributed by atoms with Crippen LogP contribution in [-0.4, -0.2) is 31.4 Å². The summed E-state index contributed by atoms with van der Waals surface area (Å²) in [4.78, 5) is 12.1. The normalized spacial score (nSPS) is 14.9. The fourth-order valence-corrected chi connectivity index (χ4v) is 3.41. The van der Waals surface area contributed by atoms with Crippen molar-refractivity contribution in [3.63, 3.8) is 0 Å². The number of rotatable bonds is 7. The Morgan fingerprint density at radius 1 is 1.13 bits per heavy atom. The summed E-state index contributed by atoms with van der Waals surface area (Å²) in [6.07, 6.45) is 4.05. The molecule has 2 heterocycles. The maximum atomic E-state index is 12.1. The number of benzene rings is 2. The summed E-state index contributed by atoms with van der Waals surface area (Å²) in [6, 6.07) is 13.0. The predicted molar refractivity (Wildman–Crippen MR) is 114 cm³/mol. The van der Waals surface area contributed by atoms with Crippen LogP contribution in [0.1, 0.15) is 23.7 Å². The van der Waals surface area contributed by atoms with E-state index in [-0.39, 0.29) is 12.7 Å². The lowest BCUT2D eigenvalue weighted by atomic mass is 10.1. The standard InChI is InChI=1S/C24H23NO6/c1-15-10-18-12-17(6-8-20(18)30-15)22-13-19(25-31-22)14-29-24(26)9-5-16-4-7-21(27-2)23(11-16)28-3/h4-9,11-13,15H,10,14H2,1-3H3/b9-5-. The van der Waals surface area contributed by atoms with Crippen LogP contribution >= 0.6 is 0 Å². The van der Waals surface area contributed by atoms with Gasteiger partial charge in [-0.2, -0.15) is 0 Å². The van der Waals surface area contributed by atoms with Crippen LogP contribution in [0, 0.1) is 0 Å². The maximum Gasteiger partial charge on any atom is 0.331 e. The molecule has 0 saturated carbocycles. The highest BCUT2D eigenvalue weighted by atomic mass is 16.5. The molecule has 7 nitrogen and oxygen atoms in total. The van der Waals surface area contributed by atoms with E-state index in [0.29, 0.717) is 23.0 Å². The molecule has 1 aliphatic rings. The van der Waals surface area contributed by atoms with E-state index in [9.17, 15) is 4.79 Å². The van der Waals surface area contributed by atoms with E-state index < -0.39 is 5.97 Å². The van der Waals surface area contributed by atoms with Gasteiger partial charge in [-0.25, -0.2) is 4.79 Å². The fourth-order valence-electron chi connectivity index (χ4n) is 3.41. The lowest BCUT2D eigenvalue weighted by molar-refractivity contribution is -0.139. The number of aromatic nitrogens is 1. The van der Waals surface area contributed by atoms with E-state index in [1.807, 2.05) is 31.2 Å². The molecule has 3 aromatic rings. The number of nitrogens with zero attached hydrogens (tertiary/aromatic N) is 1. The van der Waals surface area contributed by atoms with Crippen molar-refractivity contribution in [1.29, 1.82) is 0 Å². The highest BCUT2D eigenvalue weighted by molar-refractivity contribution is 5.87. The Bertz CT molecular complexity index is 1120. The smallest absolute Gasteiger partial charge is 0.331 e. The topological polar surface area (TPSA) is 80.0 Å². The maximum absolute atomic E-state index is 12.1. The third kappa shape index (κ3) is 4.71. The van der Waals surface area contributed by atoms with Crippen molar-refractivity contribution >= 4 is 12.0 Å². The van der Waals surface area contributed by atoms with E-state index in [1.54, 1.807) is 38.5 Å². The first kappa shape index (κ1) is 20.5. The van der Waals surface area contributed by atoms with Crippen LogP contribution in [0.15, 0.2) is 53.1 Å². The number of carbonyl (C=O) groups is 1. The predicted octanol–water partition coefficient (Wildman–Crippen LogP) is 4.44. The number of carbonyl (C=O) groups excluding carboxylic acids is 1. The van der Waals surface area contributed by atoms with E-state index in [4.69, 9.17) is 23.5 Å². The van der Waals surface area contributed by atoms with Gasteiger partial charge in [0.1, 0.15) is 24.2 Å². The molecule has 4 rings (SSSR count). The molecule has 0 aliphatic carbocycles. The highest BCUT2D eigenvalue weighted by Gasteiger charge is 2.20. The Labute approximate surface area is 180 Å². The molecule has 160 valence electrons. The molecule has 0 amide bonds. The van der Waals surface area contributed by atoms with E-state index >= 15 is 0 Å². The average Bonchev–Trinajstić information content (AvgIpc) is 3.41. The minimum absolute atomic E-state index is 0.0176. The summed E-state index contributed by atoms with van der Waals surface area (Å²) >= 11 is 0. The van der Waals surface area contributed by atoms with Crippen LogP contribution < -0.4 is 14.2 Å². The van der Waals surface area contributed by atoms with Gasteiger partial charge in [0.25, 0.3) is 0 Å². The van der Waals surface area contributed by atoms with Crippen molar-refractivity contribution in [3.05, 3.63) is 65.4 Å². The summed E-state index contributed by atoms with van der Waals surface area (Å²) < 4.78 is 26.9. The lowest BCUT2D eigenvalue weighted by Gasteiger charge is -2.07. The van der Waals surface area contributed by atoms with Crippen molar-refractivity contribution in [2.45, 2.75) is 26.1 Å².